The van der Waals surface area contributed by atoms with E-state index < -0.39 is 30.2 Å². The van der Waals surface area contributed by atoms with E-state index in [9.17, 15) is 22.8 Å². The Kier molecular flexibility index (Phi) is 6.71. The molecule has 1 N–H and O–H groups in total. The van der Waals surface area contributed by atoms with Crippen LogP contribution in [-0.4, -0.2) is 28.0 Å². The number of carbonyl (C=O) groups excluding carboxylic acids is 2. The molecule has 164 valence electrons. The van der Waals surface area contributed by atoms with Gasteiger partial charge in [0, 0.05) is 22.5 Å². The van der Waals surface area contributed by atoms with E-state index in [0.717, 1.165) is 10.6 Å². The highest BCUT2D eigenvalue weighted by atomic mass is 35.5. The summed E-state index contributed by atoms with van der Waals surface area (Å²) in [7, 11) is 0. The molecule has 0 bridgehead atoms. The van der Waals surface area contributed by atoms with E-state index in [1.165, 1.54) is 0 Å². The lowest BCUT2D eigenvalue weighted by molar-refractivity contribution is -0.137. The fourth-order valence-corrected chi connectivity index (χ4v) is 3.78. The Labute approximate surface area is 184 Å². The number of nitrogens with zero attached hydrogens (tertiary/aromatic N) is 2. The van der Waals surface area contributed by atoms with Crippen LogP contribution in [0.3, 0.4) is 0 Å². The molecule has 0 aliphatic carbocycles. The lowest BCUT2D eigenvalue weighted by Crippen LogP contribution is -2.22. The first-order valence-corrected chi connectivity index (χ1v) is 10.2. The Morgan fingerprint density at radius 3 is 2.65 bits per heavy atom. The van der Waals surface area contributed by atoms with E-state index in [1.54, 1.807) is 24.3 Å². The number of carbonyl (C=O) groups is 2. The maximum Gasteiger partial charge on any atom is 0.417 e. The van der Waals surface area contributed by atoms with Crippen molar-refractivity contribution in [2.24, 2.45) is 0 Å². The van der Waals surface area contributed by atoms with Crippen molar-refractivity contribution in [2.45, 2.75) is 26.6 Å². The van der Waals surface area contributed by atoms with Crippen LogP contribution in [-0.2, 0) is 22.3 Å². The number of hydrogen-bond acceptors (Lipinski definition) is 5. The van der Waals surface area contributed by atoms with Gasteiger partial charge in [-0.3, -0.25) is 4.79 Å². The molecule has 31 heavy (non-hydrogen) atoms. The normalized spacial score (nSPS) is 11.4. The number of pyridine rings is 1. The van der Waals surface area contributed by atoms with Crippen molar-refractivity contribution in [3.05, 3.63) is 68.3 Å². The van der Waals surface area contributed by atoms with Gasteiger partial charge in [0.2, 0.25) is 0 Å². The van der Waals surface area contributed by atoms with E-state index in [-0.39, 0.29) is 10.8 Å². The third-order valence-electron chi connectivity index (χ3n) is 4.45. The average Bonchev–Trinajstić information content (AvgIpc) is 3.30. The zero-order valence-electron chi connectivity index (χ0n) is 16.4. The SMILES string of the molecule is Cc1cc(C(=O)OCC(=O)Nc2ncc(C(F)(F)F)cc2Cl)c(C)n1Cc1cccs1. The zero-order chi connectivity index (χ0) is 22.8. The van der Waals surface area contributed by atoms with Crippen molar-refractivity contribution in [3.8, 4) is 0 Å². The van der Waals surface area contributed by atoms with Crippen LogP contribution in [0.1, 0.15) is 32.2 Å². The molecule has 3 heterocycles. The van der Waals surface area contributed by atoms with Crippen LogP contribution in [0.2, 0.25) is 5.02 Å². The highest BCUT2D eigenvalue weighted by molar-refractivity contribution is 7.09. The number of esters is 1. The summed E-state index contributed by atoms with van der Waals surface area (Å²) in [6.45, 7) is 3.61. The Morgan fingerprint density at radius 2 is 2.03 bits per heavy atom. The molecule has 0 saturated heterocycles. The highest BCUT2D eigenvalue weighted by Crippen LogP contribution is 2.32. The van der Waals surface area contributed by atoms with Crippen LogP contribution in [0.25, 0.3) is 0 Å². The number of nitrogens with one attached hydrogen (secondary N) is 1. The molecule has 0 saturated carbocycles. The standard InChI is InChI=1S/C20H17ClF3N3O3S/c1-11-6-15(12(2)27(11)9-14-4-3-5-31-14)19(29)30-10-17(28)26-18-16(21)7-13(8-25-18)20(22,23)24/h3-8H,9-10H2,1-2H3,(H,25,26,28). The van der Waals surface area contributed by atoms with Gasteiger partial charge in [-0.1, -0.05) is 17.7 Å². The topological polar surface area (TPSA) is 73.2 Å². The summed E-state index contributed by atoms with van der Waals surface area (Å²) >= 11 is 7.35. The summed E-state index contributed by atoms with van der Waals surface area (Å²) in [5.41, 5.74) is 0.846. The monoisotopic (exact) mass is 471 g/mol. The van der Waals surface area contributed by atoms with Gasteiger partial charge in [-0.25, -0.2) is 9.78 Å². The van der Waals surface area contributed by atoms with E-state index in [2.05, 4.69) is 10.3 Å². The van der Waals surface area contributed by atoms with E-state index >= 15 is 0 Å². The second-order valence-electron chi connectivity index (χ2n) is 6.63. The molecule has 3 aromatic rings. The van der Waals surface area contributed by atoms with Crippen molar-refractivity contribution >= 4 is 40.6 Å². The lowest BCUT2D eigenvalue weighted by Gasteiger charge is -2.10. The van der Waals surface area contributed by atoms with Gasteiger partial charge in [-0.15, -0.1) is 11.3 Å². The largest absolute Gasteiger partial charge is 0.452 e. The van der Waals surface area contributed by atoms with Crippen molar-refractivity contribution in [3.63, 3.8) is 0 Å². The van der Waals surface area contributed by atoms with Crippen LogP contribution in [0.15, 0.2) is 35.8 Å². The first-order valence-electron chi connectivity index (χ1n) is 8.95. The average molecular weight is 472 g/mol. The Bertz CT molecular complexity index is 1110. The van der Waals surface area contributed by atoms with Crippen molar-refractivity contribution in [1.82, 2.24) is 9.55 Å². The number of halogens is 4. The predicted octanol–water partition coefficient (Wildman–Crippen LogP) is 5.08. The fraction of sp³-hybridized carbons (Fsp3) is 0.250. The minimum Gasteiger partial charge on any atom is -0.452 e. The number of ether oxygens (including phenoxy) is 1. The molecule has 0 aromatic carbocycles. The van der Waals surface area contributed by atoms with Gasteiger partial charge in [0.15, 0.2) is 12.4 Å². The molecule has 0 aliphatic heterocycles. The molecule has 3 aromatic heterocycles. The number of amides is 1. The van der Waals surface area contributed by atoms with Crippen LogP contribution in [0.4, 0.5) is 19.0 Å². The van der Waals surface area contributed by atoms with Crippen molar-refractivity contribution in [1.29, 1.82) is 0 Å². The summed E-state index contributed by atoms with van der Waals surface area (Å²) < 4.78 is 45.0. The second kappa shape index (κ2) is 9.11. The Morgan fingerprint density at radius 1 is 1.29 bits per heavy atom. The van der Waals surface area contributed by atoms with Gasteiger partial charge < -0.3 is 14.6 Å². The van der Waals surface area contributed by atoms with Crippen LogP contribution < -0.4 is 5.32 Å². The number of aryl methyl sites for hydroxylation is 1. The predicted molar refractivity (Wildman–Crippen MR) is 110 cm³/mol. The van der Waals surface area contributed by atoms with Gasteiger partial charge in [0.1, 0.15) is 0 Å². The number of rotatable bonds is 6. The molecule has 0 aliphatic rings. The highest BCUT2D eigenvalue weighted by Gasteiger charge is 2.31. The molecule has 0 unspecified atom stereocenters. The zero-order valence-corrected chi connectivity index (χ0v) is 18.0. The van der Waals surface area contributed by atoms with Gasteiger partial charge in [-0.2, -0.15) is 13.2 Å². The van der Waals surface area contributed by atoms with Gasteiger partial charge in [0.25, 0.3) is 5.91 Å². The molecule has 3 rings (SSSR count). The van der Waals surface area contributed by atoms with Gasteiger partial charge in [0.05, 0.1) is 22.7 Å². The number of aromatic nitrogens is 2. The smallest absolute Gasteiger partial charge is 0.417 e. The summed E-state index contributed by atoms with van der Waals surface area (Å²) in [6.07, 6.45) is -4.05. The minimum atomic E-state index is -4.61. The molecular weight excluding hydrogens is 455 g/mol. The quantitative estimate of drug-likeness (QED) is 0.509. The number of thiophene rings is 1. The first kappa shape index (κ1) is 22.8. The van der Waals surface area contributed by atoms with E-state index in [0.29, 0.717) is 30.1 Å². The van der Waals surface area contributed by atoms with Gasteiger partial charge in [-0.05, 0) is 37.4 Å². The number of anilines is 1. The molecular formula is C20H17ClF3N3O3S. The second-order valence-corrected chi connectivity index (χ2v) is 8.07. The fourth-order valence-electron chi connectivity index (χ4n) is 2.87. The number of alkyl halides is 3. The van der Waals surface area contributed by atoms with Crippen LogP contribution in [0.5, 0.6) is 0 Å². The van der Waals surface area contributed by atoms with E-state index in [4.69, 9.17) is 16.3 Å². The minimum absolute atomic E-state index is 0.259. The maximum absolute atomic E-state index is 12.7. The lowest BCUT2D eigenvalue weighted by atomic mass is 10.2. The summed E-state index contributed by atoms with van der Waals surface area (Å²) in [6, 6.07) is 6.27. The molecule has 11 heteroatoms. The summed E-state index contributed by atoms with van der Waals surface area (Å²) in [5, 5.41) is 3.81. The Hall–Kier alpha value is -2.85. The summed E-state index contributed by atoms with van der Waals surface area (Å²) in [5.74, 6) is -1.73. The molecule has 6 nitrogen and oxygen atoms in total. The van der Waals surface area contributed by atoms with Crippen LogP contribution in [0, 0.1) is 13.8 Å². The maximum atomic E-state index is 12.7. The van der Waals surface area contributed by atoms with Crippen LogP contribution >= 0.6 is 22.9 Å². The van der Waals surface area contributed by atoms with Crippen molar-refractivity contribution < 1.29 is 27.5 Å². The molecule has 0 fully saturated rings. The van der Waals surface area contributed by atoms with Gasteiger partial charge >= 0.3 is 12.1 Å². The third-order valence-corrected chi connectivity index (χ3v) is 5.60. The molecule has 1 amide bonds. The summed E-state index contributed by atoms with van der Waals surface area (Å²) in [4.78, 5) is 29.1. The third kappa shape index (κ3) is 5.45. The first-order chi connectivity index (χ1) is 14.6. The molecule has 0 atom stereocenters. The van der Waals surface area contributed by atoms with E-state index in [1.807, 2.05) is 29.0 Å². The Balaban J connectivity index is 1.61. The number of hydrogen-bond donors (Lipinski definition) is 1. The molecule has 0 spiro atoms. The van der Waals surface area contributed by atoms with Crippen molar-refractivity contribution in [2.75, 3.05) is 11.9 Å². The molecule has 0 radical (unpaired) electrons.